The van der Waals surface area contributed by atoms with Gasteiger partial charge in [-0.05, 0) is 17.7 Å². The molecule has 1 aliphatic rings. The highest BCUT2D eigenvalue weighted by Crippen LogP contribution is 2.38. The maximum atomic E-state index is 10.2. The fourth-order valence-corrected chi connectivity index (χ4v) is 2.53. The molecule has 0 amide bonds. The van der Waals surface area contributed by atoms with E-state index in [0.29, 0.717) is 23.8 Å². The summed E-state index contributed by atoms with van der Waals surface area (Å²) in [5, 5.41) is 10.2. The van der Waals surface area contributed by atoms with Crippen LogP contribution in [0, 0.1) is 0 Å². The van der Waals surface area contributed by atoms with Crippen LogP contribution in [0.25, 0.3) is 6.08 Å². The summed E-state index contributed by atoms with van der Waals surface area (Å²) in [4.78, 5) is 2.19. The third-order valence-electron chi connectivity index (χ3n) is 3.75. The van der Waals surface area contributed by atoms with Crippen LogP contribution in [0.3, 0.4) is 0 Å². The maximum absolute atomic E-state index is 10.2. The van der Waals surface area contributed by atoms with Crippen LogP contribution < -0.4 is 14.2 Å². The predicted molar refractivity (Wildman–Crippen MR) is 88.4 cm³/mol. The molecule has 0 radical (unpaired) electrons. The van der Waals surface area contributed by atoms with Crippen molar-refractivity contribution in [2.24, 2.45) is 0 Å². The Bertz CT molecular complexity index is 501. The first-order valence-corrected chi connectivity index (χ1v) is 7.64. The molecule has 2 rings (SSSR count). The molecule has 1 N–H and O–H groups in total. The van der Waals surface area contributed by atoms with E-state index in [2.05, 4.69) is 4.90 Å². The van der Waals surface area contributed by atoms with E-state index >= 15 is 0 Å². The summed E-state index contributed by atoms with van der Waals surface area (Å²) >= 11 is 0. The minimum absolute atomic E-state index is 0.535. The zero-order chi connectivity index (χ0) is 16.7. The number of methoxy groups -OCH3 is 3. The summed E-state index contributed by atoms with van der Waals surface area (Å²) in [7, 11) is 4.73. The summed E-state index contributed by atoms with van der Waals surface area (Å²) in [5.74, 6) is 1.74. The van der Waals surface area contributed by atoms with Crippen molar-refractivity contribution in [3.05, 3.63) is 23.8 Å². The largest absolute Gasteiger partial charge is 0.493 e. The van der Waals surface area contributed by atoms with Gasteiger partial charge in [0.15, 0.2) is 11.5 Å². The van der Waals surface area contributed by atoms with Crippen molar-refractivity contribution in [2.45, 2.75) is 6.10 Å². The van der Waals surface area contributed by atoms with Crippen LogP contribution in [0.4, 0.5) is 0 Å². The van der Waals surface area contributed by atoms with E-state index in [0.717, 1.165) is 31.9 Å². The van der Waals surface area contributed by atoms with Gasteiger partial charge in [0.05, 0.1) is 40.6 Å². The van der Waals surface area contributed by atoms with Gasteiger partial charge in [0.25, 0.3) is 0 Å². The topological polar surface area (TPSA) is 60.4 Å². The molecule has 1 saturated heterocycles. The second kappa shape index (κ2) is 8.76. The third kappa shape index (κ3) is 4.86. The fourth-order valence-electron chi connectivity index (χ4n) is 2.53. The van der Waals surface area contributed by atoms with E-state index in [-0.39, 0.29) is 0 Å². The van der Waals surface area contributed by atoms with Gasteiger partial charge in [-0.2, -0.15) is 0 Å². The lowest BCUT2D eigenvalue weighted by Gasteiger charge is -2.27. The Morgan fingerprint density at radius 3 is 2.26 bits per heavy atom. The van der Waals surface area contributed by atoms with Crippen molar-refractivity contribution in [1.29, 1.82) is 0 Å². The predicted octanol–water partition coefficient (Wildman–Crippen LogP) is 1.42. The van der Waals surface area contributed by atoms with Gasteiger partial charge in [-0.25, -0.2) is 0 Å². The van der Waals surface area contributed by atoms with E-state index in [9.17, 15) is 5.11 Å². The smallest absolute Gasteiger partial charge is 0.203 e. The SMILES string of the molecule is COc1cc(/C=C/C(O)CN2CCOCC2)cc(OC)c1OC. The van der Waals surface area contributed by atoms with Gasteiger partial charge in [-0.15, -0.1) is 0 Å². The van der Waals surface area contributed by atoms with E-state index in [4.69, 9.17) is 18.9 Å². The lowest BCUT2D eigenvalue weighted by molar-refractivity contribution is 0.0223. The molecular formula is C17H25NO5. The molecule has 0 aliphatic carbocycles. The number of ether oxygens (including phenoxy) is 4. The average molecular weight is 323 g/mol. The van der Waals surface area contributed by atoms with Crippen molar-refractivity contribution >= 4 is 6.08 Å². The zero-order valence-electron chi connectivity index (χ0n) is 13.9. The molecule has 1 heterocycles. The van der Waals surface area contributed by atoms with Gasteiger partial charge in [-0.1, -0.05) is 12.2 Å². The molecule has 6 heteroatoms. The van der Waals surface area contributed by atoms with Crippen LogP contribution in [0.1, 0.15) is 5.56 Å². The average Bonchev–Trinajstić information content (AvgIpc) is 2.59. The van der Waals surface area contributed by atoms with Crippen LogP contribution in [-0.4, -0.2) is 70.3 Å². The second-order valence-electron chi connectivity index (χ2n) is 5.30. The first-order valence-electron chi connectivity index (χ1n) is 7.64. The Morgan fingerprint density at radius 2 is 1.74 bits per heavy atom. The number of aliphatic hydroxyl groups excluding tert-OH is 1. The van der Waals surface area contributed by atoms with Crippen molar-refractivity contribution < 1.29 is 24.1 Å². The van der Waals surface area contributed by atoms with Gasteiger partial charge >= 0.3 is 0 Å². The molecule has 0 aromatic heterocycles. The Kier molecular flexibility index (Phi) is 6.70. The number of hydrogen-bond acceptors (Lipinski definition) is 6. The molecule has 1 unspecified atom stereocenters. The van der Waals surface area contributed by atoms with E-state index < -0.39 is 6.10 Å². The Hall–Kier alpha value is -1.76. The van der Waals surface area contributed by atoms with Crippen molar-refractivity contribution in [1.82, 2.24) is 4.90 Å². The minimum Gasteiger partial charge on any atom is -0.493 e. The molecule has 0 spiro atoms. The highest BCUT2D eigenvalue weighted by atomic mass is 16.5. The number of aliphatic hydroxyl groups is 1. The first kappa shape index (κ1) is 17.6. The van der Waals surface area contributed by atoms with Gasteiger partial charge in [0.2, 0.25) is 5.75 Å². The molecule has 1 aromatic carbocycles. The fraction of sp³-hybridized carbons (Fsp3) is 0.529. The molecule has 1 fully saturated rings. The summed E-state index contributed by atoms with van der Waals surface area (Å²) in [6.45, 7) is 3.76. The van der Waals surface area contributed by atoms with Crippen molar-refractivity contribution in [2.75, 3.05) is 54.2 Å². The maximum Gasteiger partial charge on any atom is 0.203 e. The van der Waals surface area contributed by atoms with Gasteiger partial charge in [-0.3, -0.25) is 4.90 Å². The Balaban J connectivity index is 2.05. The van der Waals surface area contributed by atoms with Crippen LogP contribution in [-0.2, 0) is 4.74 Å². The normalized spacial score (nSPS) is 17.2. The highest BCUT2D eigenvalue weighted by molar-refractivity contribution is 5.62. The summed E-state index contributed by atoms with van der Waals surface area (Å²) in [6.07, 6.45) is 3.10. The van der Waals surface area contributed by atoms with Crippen LogP contribution in [0.2, 0.25) is 0 Å². The summed E-state index contributed by atoms with van der Waals surface area (Å²) < 4.78 is 21.2. The summed E-state index contributed by atoms with van der Waals surface area (Å²) in [5.41, 5.74) is 0.875. The highest BCUT2D eigenvalue weighted by Gasteiger charge is 2.14. The molecule has 1 atom stereocenters. The monoisotopic (exact) mass is 323 g/mol. The van der Waals surface area contributed by atoms with Crippen molar-refractivity contribution in [3.8, 4) is 17.2 Å². The zero-order valence-corrected chi connectivity index (χ0v) is 13.9. The van der Waals surface area contributed by atoms with Crippen LogP contribution >= 0.6 is 0 Å². The summed E-state index contributed by atoms with van der Waals surface area (Å²) in [6, 6.07) is 3.69. The van der Waals surface area contributed by atoms with E-state index in [1.54, 1.807) is 27.4 Å². The minimum atomic E-state index is -0.535. The number of β-amino-alcohol motifs (C(OH)–C–C–N with tert-alkyl or cyclic N) is 1. The lowest BCUT2D eigenvalue weighted by atomic mass is 10.1. The van der Waals surface area contributed by atoms with Gasteiger partial charge < -0.3 is 24.1 Å². The number of hydrogen-bond donors (Lipinski definition) is 1. The Labute approximate surface area is 137 Å². The first-order chi connectivity index (χ1) is 11.2. The Morgan fingerprint density at radius 1 is 1.13 bits per heavy atom. The van der Waals surface area contributed by atoms with Gasteiger partial charge in [0, 0.05) is 19.6 Å². The van der Waals surface area contributed by atoms with Crippen LogP contribution in [0.5, 0.6) is 17.2 Å². The second-order valence-corrected chi connectivity index (χ2v) is 5.30. The third-order valence-corrected chi connectivity index (χ3v) is 3.75. The van der Waals surface area contributed by atoms with E-state index in [1.165, 1.54) is 0 Å². The van der Waals surface area contributed by atoms with Gasteiger partial charge in [0.1, 0.15) is 0 Å². The molecule has 0 bridgehead atoms. The quantitative estimate of drug-likeness (QED) is 0.819. The van der Waals surface area contributed by atoms with Crippen LogP contribution in [0.15, 0.2) is 18.2 Å². The lowest BCUT2D eigenvalue weighted by Crippen LogP contribution is -2.40. The molecule has 6 nitrogen and oxygen atoms in total. The van der Waals surface area contributed by atoms with Crippen molar-refractivity contribution in [3.63, 3.8) is 0 Å². The molecular weight excluding hydrogens is 298 g/mol. The molecule has 1 aliphatic heterocycles. The molecule has 1 aromatic rings. The molecule has 128 valence electrons. The molecule has 0 saturated carbocycles. The number of rotatable bonds is 7. The van der Waals surface area contributed by atoms with E-state index in [1.807, 2.05) is 18.2 Å². The number of nitrogens with zero attached hydrogens (tertiary/aromatic N) is 1. The standard InChI is InChI=1S/C17H25NO5/c1-20-15-10-13(11-16(21-2)17(15)22-3)4-5-14(19)12-18-6-8-23-9-7-18/h4-5,10-11,14,19H,6-9,12H2,1-3H3/b5-4+. The molecule has 23 heavy (non-hydrogen) atoms. The number of benzene rings is 1. The number of morpholine rings is 1.